The van der Waals surface area contributed by atoms with Crippen LogP contribution in [0.3, 0.4) is 0 Å². The van der Waals surface area contributed by atoms with Crippen LogP contribution in [-0.2, 0) is 23.9 Å². The highest BCUT2D eigenvalue weighted by Crippen LogP contribution is 2.56. The van der Waals surface area contributed by atoms with Gasteiger partial charge in [-0.15, -0.1) is 0 Å². The molecule has 2 amide bonds. The van der Waals surface area contributed by atoms with Crippen LogP contribution >= 0.6 is 0 Å². The van der Waals surface area contributed by atoms with Crippen LogP contribution in [0.15, 0.2) is 76.9 Å². The fraction of sp³-hybridized carbons (Fsp3) is 0.353. The number of Topliss-reactive ketones (excluding diaryl/α,β-unsaturated/α-hetero) is 1. The Morgan fingerprint density at radius 3 is 2.37 bits per heavy atom. The number of carbonyl (C=O) groups is 4. The largest absolute Gasteiger partial charge is 0.508 e. The van der Waals surface area contributed by atoms with E-state index in [9.17, 15) is 24.3 Å². The minimum Gasteiger partial charge on any atom is -0.508 e. The molecular weight excluding hydrogens is 548 g/mol. The van der Waals surface area contributed by atoms with Crippen LogP contribution in [0.1, 0.15) is 31.2 Å². The van der Waals surface area contributed by atoms with Crippen molar-refractivity contribution in [1.82, 2.24) is 0 Å². The maximum Gasteiger partial charge on any atom is 0.238 e. The molecule has 0 bridgehead atoms. The molecule has 2 saturated heterocycles. The molecule has 1 N–H and O–H groups in total. The number of rotatable bonds is 4. The first-order valence-electron chi connectivity index (χ1n) is 14.7. The van der Waals surface area contributed by atoms with Gasteiger partial charge in [0, 0.05) is 47.0 Å². The Bertz CT molecular complexity index is 1660. The number of phenolic OH excluding ortho intramolecular Hbond substituents is 1. The van der Waals surface area contributed by atoms with Gasteiger partial charge in [-0.2, -0.15) is 0 Å². The topological polar surface area (TPSA) is 113 Å². The van der Waals surface area contributed by atoms with Gasteiger partial charge in [-0.3, -0.25) is 24.1 Å². The lowest BCUT2D eigenvalue weighted by atomic mass is 9.59. The van der Waals surface area contributed by atoms with Crippen LogP contribution in [0.4, 0.5) is 11.4 Å². The molecule has 2 heterocycles. The summed E-state index contributed by atoms with van der Waals surface area (Å²) in [5.74, 6) is -3.11. The van der Waals surface area contributed by atoms with Crippen molar-refractivity contribution in [2.24, 2.45) is 17.8 Å². The maximum atomic E-state index is 14.2. The van der Waals surface area contributed by atoms with Gasteiger partial charge in [0.1, 0.15) is 11.5 Å². The average Bonchev–Trinajstić information content (AvgIpc) is 3.29. The molecule has 5 aliphatic rings. The molecule has 0 saturated carbocycles. The van der Waals surface area contributed by atoms with Crippen LogP contribution in [0.2, 0.25) is 0 Å². The molecule has 2 aromatic rings. The second kappa shape index (κ2) is 10.3. The van der Waals surface area contributed by atoms with Crippen molar-refractivity contribution in [2.45, 2.75) is 25.7 Å². The van der Waals surface area contributed by atoms with Crippen LogP contribution in [-0.4, -0.2) is 61.9 Å². The molecule has 4 atom stereocenters. The third-order valence-corrected chi connectivity index (χ3v) is 9.59. The van der Waals surface area contributed by atoms with Crippen LogP contribution < -0.4 is 14.5 Å². The first-order valence-corrected chi connectivity index (χ1v) is 14.7. The fourth-order valence-electron chi connectivity index (χ4n) is 7.52. The third kappa shape index (κ3) is 4.25. The lowest BCUT2D eigenvalue weighted by Gasteiger charge is -2.42. The number of imide groups is 1. The standard InChI is InChI=1S/C34H32N2O7/c1-18-15-28(38)31-26(32(18)39)17-24-22(29(31)25-16-21(42-2)7-10-27(25)37)8-9-23-30(24)34(41)36(33(23)40)20-5-3-19(4-6-20)35-11-13-43-14-12-35/h3-8,10,15-16,23-24,29-30,37H,9,11-14,17H2,1-2H3. The molecule has 3 aliphatic carbocycles. The fourth-order valence-corrected chi connectivity index (χ4v) is 7.52. The second-order valence-corrected chi connectivity index (χ2v) is 11.8. The lowest BCUT2D eigenvalue weighted by molar-refractivity contribution is -0.123. The predicted molar refractivity (Wildman–Crippen MR) is 158 cm³/mol. The van der Waals surface area contributed by atoms with E-state index in [1.165, 1.54) is 24.2 Å². The van der Waals surface area contributed by atoms with Crippen LogP contribution in [0.25, 0.3) is 0 Å². The molecule has 2 fully saturated rings. The second-order valence-electron chi connectivity index (χ2n) is 11.8. The molecule has 0 radical (unpaired) electrons. The summed E-state index contributed by atoms with van der Waals surface area (Å²) in [5.41, 5.74) is 3.76. The minimum atomic E-state index is -0.740. The third-order valence-electron chi connectivity index (χ3n) is 9.59. The molecule has 0 spiro atoms. The van der Waals surface area contributed by atoms with Gasteiger partial charge in [-0.1, -0.05) is 11.6 Å². The Labute approximate surface area is 249 Å². The van der Waals surface area contributed by atoms with E-state index in [4.69, 9.17) is 9.47 Å². The summed E-state index contributed by atoms with van der Waals surface area (Å²) in [5, 5.41) is 11.0. The van der Waals surface area contributed by atoms with E-state index in [-0.39, 0.29) is 35.6 Å². The highest BCUT2D eigenvalue weighted by atomic mass is 16.5. The Morgan fingerprint density at radius 2 is 1.65 bits per heavy atom. The number of carbonyl (C=O) groups excluding carboxylic acids is 4. The number of aromatic hydroxyl groups is 1. The molecule has 4 unspecified atom stereocenters. The number of benzene rings is 2. The van der Waals surface area contributed by atoms with Gasteiger partial charge < -0.3 is 19.5 Å². The Hall–Kier alpha value is -4.50. The molecular formula is C34H32N2O7. The number of allylic oxidation sites excluding steroid dienone is 6. The van der Waals surface area contributed by atoms with Gasteiger partial charge in [0.15, 0.2) is 11.6 Å². The van der Waals surface area contributed by atoms with E-state index >= 15 is 0 Å². The first-order chi connectivity index (χ1) is 20.8. The van der Waals surface area contributed by atoms with Gasteiger partial charge in [-0.25, -0.2) is 0 Å². The van der Waals surface area contributed by atoms with Gasteiger partial charge in [0.05, 0.1) is 37.8 Å². The van der Waals surface area contributed by atoms with E-state index in [0.717, 1.165) is 24.4 Å². The monoisotopic (exact) mass is 580 g/mol. The Kier molecular flexibility index (Phi) is 6.58. The summed E-state index contributed by atoms with van der Waals surface area (Å²) in [6.45, 7) is 4.48. The number of nitrogens with zero attached hydrogens (tertiary/aromatic N) is 2. The molecule has 9 heteroatoms. The predicted octanol–water partition coefficient (Wildman–Crippen LogP) is 3.87. The molecule has 220 valence electrons. The van der Waals surface area contributed by atoms with E-state index in [1.54, 1.807) is 19.1 Å². The van der Waals surface area contributed by atoms with Crippen molar-refractivity contribution in [3.05, 3.63) is 82.5 Å². The van der Waals surface area contributed by atoms with Gasteiger partial charge >= 0.3 is 0 Å². The summed E-state index contributed by atoms with van der Waals surface area (Å²) in [6, 6.07) is 12.3. The molecule has 2 aromatic carbocycles. The number of anilines is 2. The normalized spacial score (nSPS) is 27.0. The van der Waals surface area contributed by atoms with Crippen molar-refractivity contribution in [3.8, 4) is 11.5 Å². The smallest absolute Gasteiger partial charge is 0.238 e. The SMILES string of the molecule is COc1ccc(O)c(C2C3=CCC4C(=O)N(c5ccc(N6CCOCC6)cc5)C(=O)C4C3CC3=C2C(=O)C=C(C)C3=O)c1. The summed E-state index contributed by atoms with van der Waals surface area (Å²) in [6.07, 6.45) is 3.80. The zero-order chi connectivity index (χ0) is 30.0. The zero-order valence-electron chi connectivity index (χ0n) is 24.0. The summed E-state index contributed by atoms with van der Waals surface area (Å²) in [4.78, 5) is 58.4. The summed E-state index contributed by atoms with van der Waals surface area (Å²) < 4.78 is 10.9. The van der Waals surface area contributed by atoms with E-state index in [0.29, 0.717) is 53.4 Å². The number of fused-ring (bicyclic) bond motifs is 3. The number of ether oxygens (including phenoxy) is 2. The summed E-state index contributed by atoms with van der Waals surface area (Å²) >= 11 is 0. The number of amides is 2. The van der Waals surface area contributed by atoms with Crippen LogP contribution in [0.5, 0.6) is 11.5 Å². The van der Waals surface area contributed by atoms with Gasteiger partial charge in [0.25, 0.3) is 0 Å². The number of hydrogen-bond donors (Lipinski definition) is 1. The minimum absolute atomic E-state index is 0.0383. The van der Waals surface area contributed by atoms with Crippen molar-refractivity contribution in [3.63, 3.8) is 0 Å². The molecule has 43 heavy (non-hydrogen) atoms. The average molecular weight is 581 g/mol. The lowest BCUT2D eigenvalue weighted by Crippen LogP contribution is -2.39. The van der Waals surface area contributed by atoms with Crippen molar-refractivity contribution in [1.29, 1.82) is 0 Å². The first kappa shape index (κ1) is 27.3. The van der Waals surface area contributed by atoms with Crippen LogP contribution in [0, 0.1) is 17.8 Å². The number of methoxy groups -OCH3 is 1. The molecule has 7 rings (SSSR count). The molecule has 2 aliphatic heterocycles. The number of morpholine rings is 1. The number of hydrogen-bond acceptors (Lipinski definition) is 8. The van der Waals surface area contributed by atoms with Crippen molar-refractivity contribution < 1.29 is 33.8 Å². The zero-order valence-corrected chi connectivity index (χ0v) is 24.0. The highest BCUT2D eigenvalue weighted by Gasteiger charge is 2.56. The van der Waals surface area contributed by atoms with Crippen molar-refractivity contribution in [2.75, 3.05) is 43.2 Å². The van der Waals surface area contributed by atoms with Crippen molar-refractivity contribution >= 4 is 34.8 Å². The Morgan fingerprint density at radius 1 is 0.930 bits per heavy atom. The summed E-state index contributed by atoms with van der Waals surface area (Å²) in [7, 11) is 1.52. The molecule has 0 aromatic heterocycles. The van der Waals surface area contributed by atoms with E-state index in [2.05, 4.69) is 4.90 Å². The number of ketones is 2. The van der Waals surface area contributed by atoms with E-state index in [1.807, 2.05) is 30.3 Å². The van der Waals surface area contributed by atoms with Gasteiger partial charge in [0.2, 0.25) is 11.8 Å². The quantitative estimate of drug-likeness (QED) is 0.330. The van der Waals surface area contributed by atoms with Gasteiger partial charge in [-0.05, 0) is 74.2 Å². The Balaban J connectivity index is 1.28. The van der Waals surface area contributed by atoms with E-state index < -0.39 is 23.7 Å². The molecule has 9 nitrogen and oxygen atoms in total. The highest BCUT2D eigenvalue weighted by molar-refractivity contribution is 6.25. The number of phenols is 1. The maximum absolute atomic E-state index is 14.2.